The van der Waals surface area contributed by atoms with E-state index in [1.165, 1.54) is 7.11 Å². The van der Waals surface area contributed by atoms with Crippen molar-refractivity contribution in [1.29, 1.82) is 0 Å². The van der Waals surface area contributed by atoms with Crippen LogP contribution in [0, 0.1) is 34.5 Å². The monoisotopic (exact) mass is 794 g/mol. The van der Waals surface area contributed by atoms with E-state index < -0.39 is 90.9 Å². The topological polar surface area (TPSA) is 192 Å². The van der Waals surface area contributed by atoms with E-state index >= 15 is 0 Å². The summed E-state index contributed by atoms with van der Waals surface area (Å²) in [5.41, 5.74) is -0.876. The predicted molar refractivity (Wildman–Crippen MR) is 197 cm³/mol. The number of esters is 1. The highest BCUT2D eigenvalue weighted by molar-refractivity contribution is 5.85. The Labute approximate surface area is 330 Å². The van der Waals surface area contributed by atoms with E-state index in [0.29, 0.717) is 25.2 Å². The fraction of sp³-hybridized carbons (Fsp3) is 0.929. The zero-order valence-corrected chi connectivity index (χ0v) is 33.9. The summed E-state index contributed by atoms with van der Waals surface area (Å²) in [4.78, 5) is 12.0. The summed E-state index contributed by atoms with van der Waals surface area (Å²) in [7, 11) is 1.54. The minimum Gasteiger partial charge on any atom is -0.458 e. The molecule has 7 fully saturated rings. The molecular weight excluding hydrogens is 728 g/mol. The van der Waals surface area contributed by atoms with Gasteiger partial charge in [0.1, 0.15) is 24.9 Å². The molecule has 0 unspecified atom stereocenters. The second-order valence-corrected chi connectivity index (χ2v) is 19.0. The molecule has 3 saturated heterocycles. The van der Waals surface area contributed by atoms with E-state index in [0.717, 1.165) is 44.1 Å². The van der Waals surface area contributed by atoms with Crippen LogP contribution in [0.15, 0.2) is 11.6 Å². The summed E-state index contributed by atoms with van der Waals surface area (Å²) in [6.45, 7) is 10.1. The van der Waals surface area contributed by atoms with E-state index in [2.05, 4.69) is 6.92 Å². The van der Waals surface area contributed by atoms with E-state index in [4.69, 9.17) is 37.9 Å². The van der Waals surface area contributed by atoms with E-state index in [9.17, 15) is 30.3 Å². The Balaban J connectivity index is 0.834. The van der Waals surface area contributed by atoms with Crippen molar-refractivity contribution in [2.24, 2.45) is 34.5 Å². The third-order valence-electron chi connectivity index (χ3n) is 16.2. The van der Waals surface area contributed by atoms with E-state index in [1.54, 1.807) is 19.9 Å². The summed E-state index contributed by atoms with van der Waals surface area (Å²) in [5, 5.41) is 57.2. The van der Waals surface area contributed by atoms with Crippen molar-refractivity contribution in [3.63, 3.8) is 0 Å². The minimum atomic E-state index is -1.01. The van der Waals surface area contributed by atoms with Crippen LogP contribution < -0.4 is 0 Å². The number of ether oxygens (including phenoxy) is 8. The molecule has 0 aromatic carbocycles. The number of hydrogen-bond acceptors (Lipinski definition) is 14. The van der Waals surface area contributed by atoms with Gasteiger partial charge in [-0.3, -0.25) is 0 Å². The van der Waals surface area contributed by atoms with Gasteiger partial charge in [-0.2, -0.15) is 0 Å². The highest BCUT2D eigenvalue weighted by Gasteiger charge is 2.71. The summed E-state index contributed by atoms with van der Waals surface area (Å²) in [6, 6.07) is 0. The smallest absolute Gasteiger partial charge is 0.331 e. The molecule has 8 aliphatic rings. The van der Waals surface area contributed by atoms with Crippen molar-refractivity contribution >= 4 is 5.97 Å². The zero-order valence-electron chi connectivity index (χ0n) is 33.9. The molecule has 0 spiro atoms. The molecule has 4 aliphatic heterocycles. The van der Waals surface area contributed by atoms with Crippen molar-refractivity contribution in [2.45, 2.75) is 197 Å². The summed E-state index contributed by atoms with van der Waals surface area (Å²) in [5.74, 6) is 0.225. The molecule has 14 nitrogen and oxygen atoms in total. The number of cyclic esters (lactones) is 1. The van der Waals surface area contributed by atoms with Crippen LogP contribution in [0.1, 0.15) is 105 Å². The van der Waals surface area contributed by atoms with Crippen LogP contribution in [0.4, 0.5) is 0 Å². The molecule has 0 aromatic heterocycles. The van der Waals surface area contributed by atoms with Gasteiger partial charge >= 0.3 is 5.97 Å². The second-order valence-electron chi connectivity index (χ2n) is 19.0. The average molecular weight is 795 g/mol. The first kappa shape index (κ1) is 41.5. The molecule has 8 rings (SSSR count). The first-order valence-electron chi connectivity index (χ1n) is 21.3. The van der Waals surface area contributed by atoms with Crippen LogP contribution in [0.5, 0.6) is 0 Å². The van der Waals surface area contributed by atoms with Gasteiger partial charge in [0, 0.05) is 37.9 Å². The van der Waals surface area contributed by atoms with Gasteiger partial charge in [0.05, 0.1) is 54.4 Å². The van der Waals surface area contributed by atoms with Gasteiger partial charge in [0.25, 0.3) is 0 Å². The van der Waals surface area contributed by atoms with E-state index in [1.807, 2.05) is 13.8 Å². The quantitative estimate of drug-likeness (QED) is 0.178. The van der Waals surface area contributed by atoms with Crippen molar-refractivity contribution < 1.29 is 68.2 Å². The lowest BCUT2D eigenvalue weighted by atomic mass is 9.42. The largest absolute Gasteiger partial charge is 0.458 e. The summed E-state index contributed by atoms with van der Waals surface area (Å²) in [6.07, 6.45) is 0.0983. The van der Waals surface area contributed by atoms with Crippen molar-refractivity contribution in [2.75, 3.05) is 13.7 Å². The molecule has 5 N–H and O–H groups in total. The highest BCUT2D eigenvalue weighted by atomic mass is 16.7. The standard InChI is InChI=1S/C42H66O14/c1-20-37(47)31(49-6)18-36(51-20)56-39-22(3)53-35(17-30(39)44)55-38-21(2)52-34(16-29(38)43)54-25-9-11-40(4)24(14-25)7-8-27-28(40)15-32(45)41(5)26(10-12-42(27,41)48)23-13-33(46)50-19-23/h13,20-22,24-32,34-39,43-45,47-48H,7-12,14-19H2,1-6H3/t20-,21+,22+,24-,25-,26-,27-,28+,29+,30+,31-,32+,34+,35+,36+,37-,38-,39-,40-,41-,42-/m0/s1. The number of aliphatic hydroxyl groups is 5. The third-order valence-corrected chi connectivity index (χ3v) is 16.2. The van der Waals surface area contributed by atoms with Gasteiger partial charge in [-0.05, 0) is 107 Å². The van der Waals surface area contributed by atoms with Gasteiger partial charge in [-0.1, -0.05) is 13.8 Å². The number of hydrogen-bond donors (Lipinski definition) is 5. The van der Waals surface area contributed by atoms with Gasteiger partial charge in [0.2, 0.25) is 0 Å². The molecule has 0 aromatic rings. The number of carbonyl (C=O) groups is 1. The Morgan fingerprint density at radius 1 is 0.732 bits per heavy atom. The van der Waals surface area contributed by atoms with Crippen molar-refractivity contribution in [3.05, 3.63) is 11.6 Å². The first-order chi connectivity index (χ1) is 26.5. The number of fused-ring (bicyclic) bond motifs is 5. The fourth-order valence-corrected chi connectivity index (χ4v) is 13.0. The van der Waals surface area contributed by atoms with Crippen LogP contribution in [0.25, 0.3) is 0 Å². The Morgan fingerprint density at radius 3 is 1.96 bits per heavy atom. The van der Waals surface area contributed by atoms with Crippen molar-refractivity contribution in [3.8, 4) is 0 Å². The maximum atomic E-state index is 12.6. The van der Waals surface area contributed by atoms with Crippen LogP contribution in [0.2, 0.25) is 0 Å². The Morgan fingerprint density at radius 2 is 1.36 bits per heavy atom. The maximum absolute atomic E-state index is 12.6. The fourth-order valence-electron chi connectivity index (χ4n) is 13.0. The molecule has 0 bridgehead atoms. The highest BCUT2D eigenvalue weighted by Crippen LogP contribution is 2.70. The van der Waals surface area contributed by atoms with Gasteiger partial charge < -0.3 is 63.4 Å². The van der Waals surface area contributed by atoms with Gasteiger partial charge in [-0.25, -0.2) is 4.79 Å². The summed E-state index contributed by atoms with van der Waals surface area (Å²) < 4.78 is 47.9. The lowest BCUT2D eigenvalue weighted by Gasteiger charge is -2.65. The normalized spacial score (nSPS) is 54.8. The van der Waals surface area contributed by atoms with Crippen LogP contribution >= 0.6 is 0 Å². The molecule has 0 amide bonds. The number of rotatable bonds is 8. The molecule has 0 radical (unpaired) electrons. The molecule has 4 saturated carbocycles. The molecule has 4 aliphatic carbocycles. The third kappa shape index (κ3) is 7.02. The summed E-state index contributed by atoms with van der Waals surface area (Å²) >= 11 is 0. The first-order valence-corrected chi connectivity index (χ1v) is 21.3. The van der Waals surface area contributed by atoms with Crippen molar-refractivity contribution in [1.82, 2.24) is 0 Å². The molecule has 14 heteroatoms. The van der Waals surface area contributed by atoms with Crippen LogP contribution in [0.3, 0.4) is 0 Å². The Bertz CT molecular complexity index is 1440. The number of methoxy groups -OCH3 is 1. The lowest BCUT2D eigenvalue weighted by Crippen LogP contribution is -2.67. The lowest BCUT2D eigenvalue weighted by molar-refractivity contribution is -0.336. The second kappa shape index (κ2) is 15.6. The molecule has 4 heterocycles. The number of carbonyl (C=O) groups excluding carboxylic acids is 1. The predicted octanol–water partition coefficient (Wildman–Crippen LogP) is 2.87. The SMILES string of the molecule is CO[C@H]1C[C@@H](O[C@@H]2[C@H](O)C[C@@H](O[C@@H]3[C@H](O)C[C@@H](O[C@H]4CC[C@@]5(C)[C@@H](CC[C@H]6[C@H]5C[C@@H](O)[C@]5(C)[C@H](C7=CC(=O)OC7)CC[C@]65O)C4)O[C@@H]3C)O[C@@H]2C)O[C@@H](C)[C@@H]1O. The van der Waals surface area contributed by atoms with Gasteiger partial charge in [0.15, 0.2) is 18.9 Å². The Hall–Kier alpha value is -1.27. The molecule has 56 heavy (non-hydrogen) atoms. The average Bonchev–Trinajstić information content (AvgIpc) is 3.70. The van der Waals surface area contributed by atoms with Gasteiger partial charge in [-0.15, -0.1) is 0 Å². The molecule has 318 valence electrons. The van der Waals surface area contributed by atoms with Crippen LogP contribution in [-0.2, 0) is 42.7 Å². The Kier molecular flexibility index (Phi) is 11.6. The minimum absolute atomic E-state index is 0.0377. The number of aliphatic hydroxyl groups excluding tert-OH is 4. The van der Waals surface area contributed by atoms with E-state index in [-0.39, 0.29) is 54.7 Å². The zero-order chi connectivity index (χ0) is 39.9. The molecular formula is C42H66O14. The maximum Gasteiger partial charge on any atom is 0.331 e. The van der Waals surface area contributed by atoms with Crippen LogP contribution in [-0.4, -0.2) is 137 Å². The molecule has 21 atom stereocenters.